The molecule has 2 aromatic rings. The monoisotopic (exact) mass is 430 g/mol. The number of ether oxygens (including phenoxy) is 1. The molecule has 0 heterocycles. The number of nitrogens with one attached hydrogen (secondary N) is 1. The normalized spacial score (nSPS) is 12.3. The molecule has 0 saturated heterocycles. The van der Waals surface area contributed by atoms with Crippen LogP contribution < -0.4 is 14.4 Å². The molecule has 1 unspecified atom stereocenters. The van der Waals surface area contributed by atoms with E-state index in [9.17, 15) is 13.2 Å². The molecule has 27 heavy (non-hydrogen) atoms. The first kappa shape index (κ1) is 21.3. The number of anilines is 2. The fraction of sp³-hybridized carbons (Fsp3) is 0.278. The Kier molecular flexibility index (Phi) is 6.97. The fourth-order valence-electron chi connectivity index (χ4n) is 2.21. The van der Waals surface area contributed by atoms with Gasteiger partial charge in [0.1, 0.15) is 5.75 Å². The van der Waals surface area contributed by atoms with Gasteiger partial charge in [0, 0.05) is 12.7 Å². The third-order valence-corrected chi connectivity index (χ3v) is 5.77. The van der Waals surface area contributed by atoms with E-state index in [2.05, 4.69) is 5.32 Å². The Labute approximate surface area is 169 Å². The largest absolute Gasteiger partial charge is 0.481 e. The molecular weight excluding hydrogens is 411 g/mol. The van der Waals surface area contributed by atoms with Gasteiger partial charge >= 0.3 is 0 Å². The molecule has 0 radical (unpaired) electrons. The van der Waals surface area contributed by atoms with Crippen molar-refractivity contribution in [2.75, 3.05) is 22.9 Å². The summed E-state index contributed by atoms with van der Waals surface area (Å²) in [5.41, 5.74) is 1.01. The van der Waals surface area contributed by atoms with Crippen LogP contribution in [-0.4, -0.2) is 33.7 Å². The number of nitrogens with zero attached hydrogens (tertiary/aromatic N) is 1. The van der Waals surface area contributed by atoms with Gasteiger partial charge in [-0.2, -0.15) is 0 Å². The second-order valence-electron chi connectivity index (χ2n) is 5.86. The van der Waals surface area contributed by atoms with E-state index in [-0.39, 0.29) is 5.91 Å². The number of carbonyl (C=O) groups excluding carboxylic acids is 1. The summed E-state index contributed by atoms with van der Waals surface area (Å²) < 4.78 is 30.0. The second kappa shape index (κ2) is 8.82. The minimum atomic E-state index is -3.34. The summed E-state index contributed by atoms with van der Waals surface area (Å²) in [5.74, 6) is 0.130. The molecule has 1 atom stereocenters. The molecule has 1 N–H and O–H groups in total. The Hall–Kier alpha value is -1.96. The summed E-state index contributed by atoms with van der Waals surface area (Å²) in [6.45, 7) is 1.82. The van der Waals surface area contributed by atoms with Crippen molar-refractivity contribution in [3.05, 3.63) is 52.5 Å². The lowest BCUT2D eigenvalue weighted by Gasteiger charge is -2.19. The number of halogens is 2. The second-order valence-corrected chi connectivity index (χ2v) is 8.69. The summed E-state index contributed by atoms with van der Waals surface area (Å²) in [5, 5.41) is 3.48. The average molecular weight is 431 g/mol. The van der Waals surface area contributed by atoms with Crippen LogP contribution in [0.4, 0.5) is 11.4 Å². The van der Waals surface area contributed by atoms with Gasteiger partial charge in [0.15, 0.2) is 6.10 Å². The SMILES string of the molecule is CCC(Oc1ccc(N(C)S(C)(=O)=O)cc1)C(=O)Nc1ccc(Cl)c(Cl)c1. The number of benzene rings is 2. The maximum atomic E-state index is 12.5. The van der Waals surface area contributed by atoms with Crippen molar-refractivity contribution in [1.29, 1.82) is 0 Å². The topological polar surface area (TPSA) is 75.7 Å². The van der Waals surface area contributed by atoms with Crippen LogP contribution in [0.25, 0.3) is 0 Å². The molecule has 0 aliphatic carbocycles. The van der Waals surface area contributed by atoms with Crippen LogP contribution >= 0.6 is 23.2 Å². The molecule has 1 amide bonds. The van der Waals surface area contributed by atoms with Crippen molar-refractivity contribution in [2.24, 2.45) is 0 Å². The number of carbonyl (C=O) groups is 1. The molecule has 0 aliphatic rings. The zero-order chi connectivity index (χ0) is 20.2. The molecule has 0 aromatic heterocycles. The van der Waals surface area contributed by atoms with Crippen molar-refractivity contribution >= 4 is 50.5 Å². The van der Waals surface area contributed by atoms with Crippen LogP contribution in [0.1, 0.15) is 13.3 Å². The van der Waals surface area contributed by atoms with Gasteiger partial charge in [-0.05, 0) is 48.9 Å². The third-order valence-electron chi connectivity index (χ3n) is 3.83. The lowest BCUT2D eigenvalue weighted by Crippen LogP contribution is -2.32. The first-order valence-electron chi connectivity index (χ1n) is 8.08. The zero-order valence-electron chi connectivity index (χ0n) is 15.1. The predicted octanol–water partition coefficient (Wildman–Crippen LogP) is 4.19. The van der Waals surface area contributed by atoms with Crippen LogP contribution in [0.2, 0.25) is 10.0 Å². The number of sulfonamides is 1. The number of hydrogen-bond donors (Lipinski definition) is 1. The number of hydrogen-bond acceptors (Lipinski definition) is 4. The van der Waals surface area contributed by atoms with Crippen molar-refractivity contribution in [3.63, 3.8) is 0 Å². The molecule has 0 aliphatic heterocycles. The molecule has 0 bridgehead atoms. The quantitative estimate of drug-likeness (QED) is 0.714. The molecule has 0 saturated carbocycles. The molecule has 6 nitrogen and oxygen atoms in total. The van der Waals surface area contributed by atoms with Crippen LogP contribution in [0.15, 0.2) is 42.5 Å². The van der Waals surface area contributed by atoms with E-state index in [1.165, 1.54) is 7.05 Å². The smallest absolute Gasteiger partial charge is 0.265 e. The molecule has 2 aromatic carbocycles. The fourth-order valence-corrected chi connectivity index (χ4v) is 3.01. The van der Waals surface area contributed by atoms with Crippen molar-refractivity contribution in [3.8, 4) is 5.75 Å². The van der Waals surface area contributed by atoms with Crippen molar-refractivity contribution in [1.82, 2.24) is 0 Å². The highest BCUT2D eigenvalue weighted by Crippen LogP contribution is 2.26. The first-order chi connectivity index (χ1) is 12.6. The van der Waals surface area contributed by atoms with Crippen LogP contribution in [0.5, 0.6) is 5.75 Å². The predicted molar refractivity (Wildman–Crippen MR) is 109 cm³/mol. The van der Waals surface area contributed by atoms with Crippen molar-refractivity contribution in [2.45, 2.75) is 19.4 Å². The highest BCUT2D eigenvalue weighted by molar-refractivity contribution is 7.92. The summed E-state index contributed by atoms with van der Waals surface area (Å²) in [4.78, 5) is 12.5. The zero-order valence-corrected chi connectivity index (χ0v) is 17.4. The molecule has 146 valence electrons. The third kappa shape index (κ3) is 5.76. The average Bonchev–Trinajstić information content (AvgIpc) is 2.61. The number of rotatable bonds is 7. The van der Waals surface area contributed by atoms with Gasteiger partial charge in [-0.1, -0.05) is 30.1 Å². The number of amides is 1. The highest BCUT2D eigenvalue weighted by Gasteiger charge is 2.19. The maximum absolute atomic E-state index is 12.5. The van der Waals surface area contributed by atoms with E-state index in [1.807, 2.05) is 6.92 Å². The van der Waals surface area contributed by atoms with E-state index in [0.717, 1.165) is 10.6 Å². The molecule has 9 heteroatoms. The van der Waals surface area contributed by atoms with E-state index in [0.29, 0.717) is 33.6 Å². The lowest BCUT2D eigenvalue weighted by atomic mass is 10.2. The summed E-state index contributed by atoms with van der Waals surface area (Å²) in [6, 6.07) is 11.3. The molecule has 2 rings (SSSR count). The van der Waals surface area contributed by atoms with E-state index < -0.39 is 16.1 Å². The summed E-state index contributed by atoms with van der Waals surface area (Å²) in [7, 11) is -1.88. The Morgan fingerprint density at radius 1 is 1.15 bits per heavy atom. The van der Waals surface area contributed by atoms with E-state index in [1.54, 1.807) is 42.5 Å². The Morgan fingerprint density at radius 2 is 1.78 bits per heavy atom. The summed E-state index contributed by atoms with van der Waals surface area (Å²) in [6.07, 6.45) is 0.841. The minimum Gasteiger partial charge on any atom is -0.481 e. The van der Waals surface area contributed by atoms with Gasteiger partial charge in [-0.15, -0.1) is 0 Å². The van der Waals surface area contributed by atoms with Gasteiger partial charge in [0.05, 0.1) is 22.0 Å². The van der Waals surface area contributed by atoms with Gasteiger partial charge in [-0.25, -0.2) is 8.42 Å². The molecule has 0 spiro atoms. The minimum absolute atomic E-state index is 0.326. The Balaban J connectivity index is 2.07. The van der Waals surface area contributed by atoms with Gasteiger partial charge in [0.25, 0.3) is 5.91 Å². The van der Waals surface area contributed by atoms with E-state index in [4.69, 9.17) is 27.9 Å². The highest BCUT2D eigenvalue weighted by atomic mass is 35.5. The van der Waals surface area contributed by atoms with Gasteiger partial charge < -0.3 is 10.1 Å². The van der Waals surface area contributed by atoms with Crippen LogP contribution in [-0.2, 0) is 14.8 Å². The standard InChI is InChI=1S/C18H20Cl2N2O4S/c1-4-17(18(23)21-12-5-10-15(19)16(20)11-12)26-14-8-6-13(7-9-14)22(2)27(3,24)25/h5-11,17H,4H2,1-3H3,(H,21,23). The molecular formula is C18H20Cl2N2O4S. The van der Waals surface area contributed by atoms with Crippen LogP contribution in [0.3, 0.4) is 0 Å². The Bertz CT molecular complexity index is 917. The Morgan fingerprint density at radius 3 is 2.30 bits per heavy atom. The molecule has 0 fully saturated rings. The van der Waals surface area contributed by atoms with Crippen LogP contribution in [0, 0.1) is 0 Å². The first-order valence-corrected chi connectivity index (χ1v) is 10.7. The lowest BCUT2D eigenvalue weighted by molar-refractivity contribution is -0.122. The van der Waals surface area contributed by atoms with E-state index >= 15 is 0 Å². The van der Waals surface area contributed by atoms with Crippen molar-refractivity contribution < 1.29 is 17.9 Å². The van der Waals surface area contributed by atoms with Gasteiger partial charge in [-0.3, -0.25) is 9.10 Å². The van der Waals surface area contributed by atoms with Gasteiger partial charge in [0.2, 0.25) is 10.0 Å². The maximum Gasteiger partial charge on any atom is 0.265 e. The summed E-state index contributed by atoms with van der Waals surface area (Å²) >= 11 is 11.8.